The molecule has 74 heavy (non-hydrogen) atoms. The first kappa shape index (κ1) is 43.3. The van der Waals surface area contributed by atoms with Crippen LogP contribution in [0.3, 0.4) is 0 Å². The van der Waals surface area contributed by atoms with Gasteiger partial charge in [0.1, 0.15) is 0 Å². The van der Waals surface area contributed by atoms with Crippen molar-refractivity contribution in [1.82, 2.24) is 14.5 Å². The van der Waals surface area contributed by atoms with E-state index in [0.717, 1.165) is 105 Å². The van der Waals surface area contributed by atoms with Crippen LogP contribution < -0.4 is 0 Å². The molecule has 0 saturated heterocycles. The molecule has 0 spiro atoms. The van der Waals surface area contributed by atoms with E-state index in [1.807, 2.05) is 6.07 Å². The maximum Gasteiger partial charge on any atom is 0.160 e. The Balaban J connectivity index is 1.23. The summed E-state index contributed by atoms with van der Waals surface area (Å²) >= 11 is 1.76. The summed E-state index contributed by atoms with van der Waals surface area (Å²) in [5, 5.41) is 3.52. The summed E-state index contributed by atoms with van der Waals surface area (Å²) in [6.07, 6.45) is 0. The molecule has 0 amide bonds. The molecule has 3 aromatic heterocycles. The van der Waals surface area contributed by atoms with Crippen LogP contribution in [0.5, 0.6) is 0 Å². The lowest BCUT2D eigenvalue weighted by Gasteiger charge is -2.23. The Morgan fingerprint density at radius 1 is 0.297 bits per heavy atom. The standard InChI is InChI=1S/C70H45N3S/c1-8-24-46(25-9-1)54-40-42-56(48-28-12-3-13-29-48)67-62(54)63-55(47-26-10-2-11-27-47)41-43-57(49-30-14-4-15-31-49)68(63)73(67)66-59(50-32-16-5-17-33-50)44-53(45-60(66)51-34-18-6-19-35-51)64-69-65(58-38-22-23-39-61(58)74-69)72-70(71-64)52-36-20-7-21-37-52/h1-45H. The third-order valence-electron chi connectivity index (χ3n) is 14.4. The van der Waals surface area contributed by atoms with Crippen molar-refractivity contribution < 1.29 is 0 Å². The van der Waals surface area contributed by atoms with Crippen LogP contribution in [-0.2, 0) is 0 Å². The van der Waals surface area contributed by atoms with Crippen LogP contribution in [0.25, 0.3) is 137 Å². The summed E-state index contributed by atoms with van der Waals surface area (Å²) in [5.41, 5.74) is 20.8. The van der Waals surface area contributed by atoms with Crippen molar-refractivity contribution in [1.29, 1.82) is 0 Å². The summed E-state index contributed by atoms with van der Waals surface area (Å²) < 4.78 is 4.89. The lowest BCUT2D eigenvalue weighted by atomic mass is 9.90. The average molecular weight is 960 g/mol. The highest BCUT2D eigenvalue weighted by molar-refractivity contribution is 7.26. The van der Waals surface area contributed by atoms with E-state index < -0.39 is 0 Å². The molecule has 3 nitrogen and oxygen atoms in total. The second-order valence-corrected chi connectivity index (χ2v) is 19.8. The molecule has 0 bridgehead atoms. The predicted molar refractivity (Wildman–Crippen MR) is 313 cm³/mol. The van der Waals surface area contributed by atoms with Crippen LogP contribution in [0.15, 0.2) is 273 Å². The van der Waals surface area contributed by atoms with E-state index in [-0.39, 0.29) is 0 Å². The number of hydrogen-bond acceptors (Lipinski definition) is 3. The Hall–Kier alpha value is -9.48. The molecule has 0 N–H and O–H groups in total. The van der Waals surface area contributed by atoms with Crippen molar-refractivity contribution in [2.75, 3.05) is 0 Å². The Bertz CT molecular complexity index is 4160. The van der Waals surface area contributed by atoms with E-state index in [4.69, 9.17) is 9.97 Å². The summed E-state index contributed by atoms with van der Waals surface area (Å²) in [6.45, 7) is 0. The fourth-order valence-corrected chi connectivity index (χ4v) is 12.3. The average Bonchev–Trinajstić information content (AvgIpc) is 4.05. The summed E-state index contributed by atoms with van der Waals surface area (Å²) in [6, 6.07) is 98.9. The van der Waals surface area contributed by atoms with Gasteiger partial charge in [-0.25, -0.2) is 9.97 Å². The lowest BCUT2D eigenvalue weighted by molar-refractivity contribution is 1.18. The Morgan fingerprint density at radius 3 is 1.08 bits per heavy atom. The van der Waals surface area contributed by atoms with Crippen molar-refractivity contribution >= 4 is 53.4 Å². The van der Waals surface area contributed by atoms with Gasteiger partial charge in [0.25, 0.3) is 0 Å². The van der Waals surface area contributed by atoms with E-state index in [1.165, 1.54) is 26.6 Å². The van der Waals surface area contributed by atoms with Gasteiger partial charge in [-0.05, 0) is 62.7 Å². The smallest absolute Gasteiger partial charge is 0.160 e. The van der Waals surface area contributed by atoms with Gasteiger partial charge in [-0.3, -0.25) is 0 Å². The Morgan fingerprint density at radius 2 is 0.649 bits per heavy atom. The van der Waals surface area contributed by atoms with E-state index in [1.54, 1.807) is 11.3 Å². The SMILES string of the molecule is c1ccc(-c2nc(-c3cc(-c4ccccc4)c(-n4c5c(-c6ccccc6)ccc(-c6ccccc6)c5c5c(-c6ccccc6)ccc(-c6ccccc6)c54)c(-c4ccccc4)c3)c3sc4ccccc4c3n2)cc1. The van der Waals surface area contributed by atoms with E-state index >= 15 is 0 Å². The highest BCUT2D eigenvalue weighted by Gasteiger charge is 2.29. The molecule has 0 radical (unpaired) electrons. The molecule has 0 unspecified atom stereocenters. The van der Waals surface area contributed by atoms with E-state index in [9.17, 15) is 0 Å². The molecule has 14 rings (SSSR count). The van der Waals surface area contributed by atoms with Crippen molar-refractivity contribution in [3.63, 3.8) is 0 Å². The molecule has 0 saturated carbocycles. The molecule has 346 valence electrons. The number of nitrogens with zero attached hydrogens (tertiary/aromatic N) is 3. The number of fused-ring (bicyclic) bond motifs is 6. The van der Waals surface area contributed by atoms with Gasteiger partial charge >= 0.3 is 0 Å². The quantitative estimate of drug-likeness (QED) is 0.144. The summed E-state index contributed by atoms with van der Waals surface area (Å²) in [4.78, 5) is 10.9. The third kappa shape index (κ3) is 7.34. The van der Waals surface area contributed by atoms with Crippen LogP contribution in [-0.4, -0.2) is 14.5 Å². The predicted octanol–water partition coefficient (Wildman–Crippen LogP) is 19.3. The summed E-state index contributed by atoms with van der Waals surface area (Å²) in [5.74, 6) is 0.701. The zero-order valence-corrected chi connectivity index (χ0v) is 41.0. The van der Waals surface area contributed by atoms with Crippen molar-refractivity contribution in [2.45, 2.75) is 0 Å². The minimum atomic E-state index is 0.701. The van der Waals surface area contributed by atoms with E-state index in [2.05, 4.69) is 271 Å². The van der Waals surface area contributed by atoms with Crippen LogP contribution in [0.1, 0.15) is 0 Å². The second-order valence-electron chi connectivity index (χ2n) is 18.8. The van der Waals surface area contributed by atoms with Gasteiger partial charge in [0.05, 0.1) is 32.6 Å². The minimum absolute atomic E-state index is 0.701. The highest BCUT2D eigenvalue weighted by atomic mass is 32.1. The van der Waals surface area contributed by atoms with Crippen molar-refractivity contribution in [3.05, 3.63) is 273 Å². The number of hydrogen-bond donors (Lipinski definition) is 0. The Labute approximate surface area is 433 Å². The van der Waals surface area contributed by atoms with Gasteiger partial charge in [0.15, 0.2) is 5.82 Å². The second kappa shape index (κ2) is 18.3. The molecule has 0 aliphatic heterocycles. The molecular weight excluding hydrogens is 915 g/mol. The Kier molecular flexibility index (Phi) is 10.7. The fourth-order valence-electron chi connectivity index (χ4n) is 11.1. The number of rotatable bonds is 9. The van der Waals surface area contributed by atoms with E-state index in [0.29, 0.717) is 5.82 Å². The maximum absolute atomic E-state index is 5.59. The lowest BCUT2D eigenvalue weighted by Crippen LogP contribution is -2.04. The molecule has 4 heteroatoms. The maximum atomic E-state index is 5.59. The van der Waals surface area contributed by atoms with Gasteiger partial charge in [-0.1, -0.05) is 255 Å². The summed E-state index contributed by atoms with van der Waals surface area (Å²) in [7, 11) is 0. The van der Waals surface area contributed by atoms with Gasteiger partial charge in [-0.15, -0.1) is 11.3 Å². The number of aromatic nitrogens is 3. The van der Waals surface area contributed by atoms with Crippen LogP contribution in [0, 0.1) is 0 Å². The molecule has 11 aromatic carbocycles. The van der Waals surface area contributed by atoms with Gasteiger partial charge < -0.3 is 4.57 Å². The van der Waals surface area contributed by atoms with Gasteiger partial charge in [0.2, 0.25) is 0 Å². The zero-order valence-electron chi connectivity index (χ0n) is 40.2. The minimum Gasteiger partial charge on any atom is -0.307 e. The first-order chi connectivity index (χ1) is 36.7. The van der Waals surface area contributed by atoms with Crippen molar-refractivity contribution in [3.8, 4) is 95.1 Å². The van der Waals surface area contributed by atoms with Gasteiger partial charge in [-0.2, -0.15) is 0 Å². The molecule has 0 aliphatic rings. The highest BCUT2D eigenvalue weighted by Crippen LogP contribution is 2.52. The topological polar surface area (TPSA) is 30.7 Å². The largest absolute Gasteiger partial charge is 0.307 e. The van der Waals surface area contributed by atoms with Crippen LogP contribution >= 0.6 is 11.3 Å². The monoisotopic (exact) mass is 959 g/mol. The van der Waals surface area contributed by atoms with Gasteiger partial charge in [0, 0.05) is 54.2 Å². The normalized spacial score (nSPS) is 11.5. The fraction of sp³-hybridized carbons (Fsp3) is 0. The molecular formula is C70H45N3S. The molecule has 0 atom stereocenters. The first-order valence-corrected chi connectivity index (χ1v) is 26.0. The molecule has 14 aromatic rings. The number of thiophene rings is 1. The first-order valence-electron chi connectivity index (χ1n) is 25.2. The van der Waals surface area contributed by atoms with Crippen LogP contribution in [0.4, 0.5) is 0 Å². The molecule has 0 fully saturated rings. The zero-order chi connectivity index (χ0) is 49.0. The number of benzene rings is 11. The molecule has 0 aliphatic carbocycles. The molecule has 3 heterocycles. The van der Waals surface area contributed by atoms with Crippen LogP contribution in [0.2, 0.25) is 0 Å². The van der Waals surface area contributed by atoms with Crippen molar-refractivity contribution in [2.24, 2.45) is 0 Å². The third-order valence-corrected chi connectivity index (χ3v) is 15.6.